The Morgan fingerprint density at radius 1 is 1.04 bits per heavy atom. The molecule has 1 aliphatic rings. The van der Waals surface area contributed by atoms with Crippen molar-refractivity contribution in [1.29, 1.82) is 0 Å². The Morgan fingerprint density at radius 3 is 2.50 bits per heavy atom. The number of amides is 1. The van der Waals surface area contributed by atoms with Crippen LogP contribution in [0, 0.1) is 0 Å². The number of carbonyl (C=O) groups is 2. The van der Waals surface area contributed by atoms with Crippen LogP contribution in [0.25, 0.3) is 5.65 Å². The zero-order chi connectivity index (χ0) is 19.5. The van der Waals surface area contributed by atoms with Gasteiger partial charge in [-0.3, -0.25) is 18.9 Å². The Morgan fingerprint density at radius 2 is 1.79 bits per heavy atom. The molecule has 4 rings (SSSR count). The molecule has 3 aromatic rings. The SMILES string of the molecule is CC(=O)c1ccc(NC(=O)CN2CCN(c3cccc4nncn34)CC2)cc1. The second kappa shape index (κ2) is 7.77. The molecule has 0 aliphatic carbocycles. The van der Waals surface area contributed by atoms with Gasteiger partial charge < -0.3 is 10.2 Å². The number of Topliss-reactive ketones (excluding diaryl/α,β-unsaturated/α-hetero) is 1. The van der Waals surface area contributed by atoms with E-state index in [2.05, 4.69) is 31.4 Å². The summed E-state index contributed by atoms with van der Waals surface area (Å²) in [6, 6.07) is 12.9. The van der Waals surface area contributed by atoms with Gasteiger partial charge in [-0.2, -0.15) is 0 Å². The Bertz CT molecular complexity index is 989. The minimum Gasteiger partial charge on any atom is -0.355 e. The van der Waals surface area contributed by atoms with E-state index in [-0.39, 0.29) is 11.7 Å². The largest absolute Gasteiger partial charge is 0.355 e. The molecule has 1 amide bonds. The molecule has 8 heteroatoms. The highest BCUT2D eigenvalue weighted by Gasteiger charge is 2.20. The van der Waals surface area contributed by atoms with Crippen LogP contribution in [0.2, 0.25) is 0 Å². The van der Waals surface area contributed by atoms with Crippen molar-refractivity contribution in [2.75, 3.05) is 42.9 Å². The van der Waals surface area contributed by atoms with Crippen LogP contribution in [0.15, 0.2) is 48.8 Å². The number of nitrogens with zero attached hydrogens (tertiary/aromatic N) is 5. The van der Waals surface area contributed by atoms with Crippen molar-refractivity contribution >= 4 is 28.8 Å². The van der Waals surface area contributed by atoms with Gasteiger partial charge in [0.15, 0.2) is 11.4 Å². The molecule has 1 aromatic carbocycles. The third kappa shape index (κ3) is 3.86. The van der Waals surface area contributed by atoms with Gasteiger partial charge in [-0.05, 0) is 43.3 Å². The number of anilines is 2. The summed E-state index contributed by atoms with van der Waals surface area (Å²) in [4.78, 5) is 28.1. The number of ketones is 1. The Labute approximate surface area is 162 Å². The van der Waals surface area contributed by atoms with Gasteiger partial charge in [-0.15, -0.1) is 10.2 Å². The van der Waals surface area contributed by atoms with Crippen LogP contribution in [0.1, 0.15) is 17.3 Å². The van der Waals surface area contributed by atoms with Gasteiger partial charge in [0.25, 0.3) is 0 Å². The molecule has 0 saturated carbocycles. The third-order valence-electron chi connectivity index (χ3n) is 4.95. The quantitative estimate of drug-likeness (QED) is 0.681. The standard InChI is InChI=1S/C20H22N6O2/c1-15(27)16-5-7-17(8-6-16)22-19(28)13-24-9-11-25(12-10-24)20-4-2-3-18-23-21-14-26(18)20/h2-8,14H,9-13H2,1H3,(H,22,28). The van der Waals surface area contributed by atoms with Crippen LogP contribution in [-0.2, 0) is 4.79 Å². The summed E-state index contributed by atoms with van der Waals surface area (Å²) in [5, 5.41) is 11.0. The summed E-state index contributed by atoms with van der Waals surface area (Å²) in [7, 11) is 0. The van der Waals surface area contributed by atoms with Gasteiger partial charge in [-0.1, -0.05) is 6.07 Å². The summed E-state index contributed by atoms with van der Waals surface area (Å²) < 4.78 is 1.98. The van der Waals surface area contributed by atoms with E-state index < -0.39 is 0 Å². The van der Waals surface area contributed by atoms with Crippen molar-refractivity contribution in [3.05, 3.63) is 54.4 Å². The van der Waals surface area contributed by atoms with Crippen molar-refractivity contribution in [3.63, 3.8) is 0 Å². The molecular weight excluding hydrogens is 356 g/mol. The molecule has 28 heavy (non-hydrogen) atoms. The molecule has 0 bridgehead atoms. The van der Waals surface area contributed by atoms with Crippen molar-refractivity contribution in [1.82, 2.24) is 19.5 Å². The molecule has 0 atom stereocenters. The Kier molecular flexibility index (Phi) is 5.03. The van der Waals surface area contributed by atoms with E-state index in [0.717, 1.165) is 37.6 Å². The molecule has 1 N–H and O–H groups in total. The molecule has 1 saturated heterocycles. The maximum atomic E-state index is 12.3. The normalized spacial score (nSPS) is 15.0. The fourth-order valence-corrected chi connectivity index (χ4v) is 3.42. The average Bonchev–Trinajstić information content (AvgIpc) is 3.18. The van der Waals surface area contributed by atoms with E-state index in [9.17, 15) is 9.59 Å². The van der Waals surface area contributed by atoms with E-state index in [4.69, 9.17) is 0 Å². The van der Waals surface area contributed by atoms with Crippen LogP contribution < -0.4 is 10.2 Å². The Hall–Kier alpha value is -3.26. The van der Waals surface area contributed by atoms with E-state index >= 15 is 0 Å². The molecule has 8 nitrogen and oxygen atoms in total. The van der Waals surface area contributed by atoms with Crippen molar-refractivity contribution < 1.29 is 9.59 Å². The molecule has 0 unspecified atom stereocenters. The van der Waals surface area contributed by atoms with Gasteiger partial charge in [0, 0.05) is 37.4 Å². The molecule has 1 fully saturated rings. The molecular formula is C20H22N6O2. The second-order valence-electron chi connectivity index (χ2n) is 6.89. The first-order valence-corrected chi connectivity index (χ1v) is 9.27. The Balaban J connectivity index is 1.31. The summed E-state index contributed by atoms with van der Waals surface area (Å²) >= 11 is 0. The van der Waals surface area contributed by atoms with Crippen LogP contribution in [0.5, 0.6) is 0 Å². The molecule has 144 valence electrons. The number of benzene rings is 1. The third-order valence-corrected chi connectivity index (χ3v) is 4.95. The number of carbonyl (C=O) groups excluding carboxylic acids is 2. The van der Waals surface area contributed by atoms with E-state index in [0.29, 0.717) is 17.8 Å². The summed E-state index contributed by atoms with van der Waals surface area (Å²) in [5.41, 5.74) is 2.17. The van der Waals surface area contributed by atoms with Gasteiger partial charge >= 0.3 is 0 Å². The molecule has 0 radical (unpaired) electrons. The molecule has 0 spiro atoms. The maximum absolute atomic E-state index is 12.3. The van der Waals surface area contributed by atoms with Crippen LogP contribution in [0.3, 0.4) is 0 Å². The highest BCUT2D eigenvalue weighted by molar-refractivity contribution is 5.96. The number of hydrogen-bond acceptors (Lipinski definition) is 6. The van der Waals surface area contributed by atoms with Crippen molar-refractivity contribution in [3.8, 4) is 0 Å². The topological polar surface area (TPSA) is 82.8 Å². The molecule has 3 heterocycles. The summed E-state index contributed by atoms with van der Waals surface area (Å²) in [5.74, 6) is 1.03. The number of piperazine rings is 1. The fourth-order valence-electron chi connectivity index (χ4n) is 3.42. The van der Waals surface area contributed by atoms with Crippen molar-refractivity contribution in [2.45, 2.75) is 6.92 Å². The fraction of sp³-hybridized carbons (Fsp3) is 0.300. The highest BCUT2D eigenvalue weighted by atomic mass is 16.2. The first-order valence-electron chi connectivity index (χ1n) is 9.27. The number of rotatable bonds is 5. The highest BCUT2D eigenvalue weighted by Crippen LogP contribution is 2.18. The number of aromatic nitrogens is 3. The van der Waals surface area contributed by atoms with Gasteiger partial charge in [0.1, 0.15) is 12.1 Å². The predicted octanol–water partition coefficient (Wildman–Crippen LogP) is 1.69. The van der Waals surface area contributed by atoms with Gasteiger partial charge in [0.2, 0.25) is 5.91 Å². The first kappa shape index (κ1) is 18.1. The van der Waals surface area contributed by atoms with Crippen LogP contribution in [-0.4, -0.2) is 63.9 Å². The van der Waals surface area contributed by atoms with E-state index in [1.807, 2.05) is 16.5 Å². The minimum absolute atomic E-state index is 0.0120. The molecule has 1 aliphatic heterocycles. The lowest BCUT2D eigenvalue weighted by atomic mass is 10.1. The minimum atomic E-state index is -0.0510. The van der Waals surface area contributed by atoms with E-state index in [1.54, 1.807) is 30.6 Å². The second-order valence-corrected chi connectivity index (χ2v) is 6.89. The van der Waals surface area contributed by atoms with Crippen LogP contribution >= 0.6 is 0 Å². The lowest BCUT2D eigenvalue weighted by Gasteiger charge is -2.35. The van der Waals surface area contributed by atoms with Crippen molar-refractivity contribution in [2.24, 2.45) is 0 Å². The lowest BCUT2D eigenvalue weighted by Crippen LogP contribution is -2.49. The number of nitrogens with one attached hydrogen (secondary N) is 1. The van der Waals surface area contributed by atoms with Gasteiger partial charge in [0.05, 0.1) is 6.54 Å². The maximum Gasteiger partial charge on any atom is 0.238 e. The number of fused-ring (bicyclic) bond motifs is 1. The summed E-state index contributed by atoms with van der Waals surface area (Å²) in [6.07, 6.45) is 1.72. The zero-order valence-corrected chi connectivity index (χ0v) is 15.7. The zero-order valence-electron chi connectivity index (χ0n) is 15.7. The van der Waals surface area contributed by atoms with Gasteiger partial charge in [-0.25, -0.2) is 0 Å². The average molecular weight is 378 g/mol. The lowest BCUT2D eigenvalue weighted by molar-refractivity contribution is -0.117. The first-order chi connectivity index (χ1) is 13.6. The smallest absolute Gasteiger partial charge is 0.238 e. The predicted molar refractivity (Wildman–Crippen MR) is 107 cm³/mol. The number of pyridine rings is 1. The summed E-state index contributed by atoms with van der Waals surface area (Å²) in [6.45, 7) is 5.14. The number of hydrogen-bond donors (Lipinski definition) is 1. The van der Waals surface area contributed by atoms with Crippen LogP contribution in [0.4, 0.5) is 11.5 Å². The van der Waals surface area contributed by atoms with E-state index in [1.165, 1.54) is 6.92 Å². The molecule has 2 aromatic heterocycles. The monoisotopic (exact) mass is 378 g/mol.